The van der Waals surface area contributed by atoms with E-state index >= 15 is 0 Å². The first-order valence-electron chi connectivity index (χ1n) is 19.7. The fourth-order valence-electron chi connectivity index (χ4n) is 9.46. The maximum absolute atomic E-state index is 6.29. The molecule has 0 saturated heterocycles. The summed E-state index contributed by atoms with van der Waals surface area (Å²) in [6.07, 6.45) is 0. The molecule has 4 heteroatoms. The highest BCUT2D eigenvalue weighted by molar-refractivity contribution is 7.26. The summed E-state index contributed by atoms with van der Waals surface area (Å²) in [6.45, 7) is 0. The largest absolute Gasteiger partial charge is 0.456 e. The first-order valence-corrected chi connectivity index (χ1v) is 21.3. The molecule has 0 N–H and O–H groups in total. The molecule has 0 saturated carbocycles. The standard InChI is InChI=1S/C54H31NOS2/c1-2-15-38-36(13-1)37-14-3-4-16-39(37)45-31-35(24-26-40(38)45)55(46-20-10-19-42-41-17-6-8-22-49(41)58-54(42)46)34-12-9-11-32(29-34)33-23-25-44-51(30-33)57-50-28-27-48-52(53(44)50)43-18-5-7-21-47(43)56-48/h1-31H. The third-order valence-corrected chi connectivity index (χ3v) is 14.4. The van der Waals surface area contributed by atoms with Crippen molar-refractivity contribution in [2.75, 3.05) is 4.90 Å². The van der Waals surface area contributed by atoms with Gasteiger partial charge in [-0.05, 0) is 104 Å². The summed E-state index contributed by atoms with van der Waals surface area (Å²) in [7, 11) is 0. The van der Waals surface area contributed by atoms with Gasteiger partial charge in [0.25, 0.3) is 0 Å². The van der Waals surface area contributed by atoms with E-state index in [4.69, 9.17) is 4.42 Å². The van der Waals surface area contributed by atoms with Crippen molar-refractivity contribution >= 4 is 134 Å². The molecule has 0 spiro atoms. The Morgan fingerprint density at radius 1 is 0.328 bits per heavy atom. The Labute approximate surface area is 341 Å². The van der Waals surface area contributed by atoms with Crippen LogP contribution < -0.4 is 4.90 Å². The molecule has 58 heavy (non-hydrogen) atoms. The molecule has 2 nitrogen and oxygen atoms in total. The van der Waals surface area contributed by atoms with Crippen molar-refractivity contribution in [1.29, 1.82) is 0 Å². The third kappa shape index (κ3) is 4.64. The Balaban J connectivity index is 1.03. The summed E-state index contributed by atoms with van der Waals surface area (Å²) in [5.41, 5.74) is 7.68. The van der Waals surface area contributed by atoms with Gasteiger partial charge in [-0.1, -0.05) is 127 Å². The average Bonchev–Trinajstić information content (AvgIpc) is 3.98. The molecule has 0 fully saturated rings. The monoisotopic (exact) mass is 773 g/mol. The van der Waals surface area contributed by atoms with Gasteiger partial charge >= 0.3 is 0 Å². The molecule has 0 aliphatic carbocycles. The SMILES string of the molecule is c1cc(-c2ccc3c(c2)sc2ccc4oc5ccccc5c4c23)cc(N(c2ccc3c4ccccc4c4ccccc4c3c2)c2cccc3c2sc2ccccc23)c1. The van der Waals surface area contributed by atoms with Gasteiger partial charge in [0.15, 0.2) is 0 Å². The van der Waals surface area contributed by atoms with Gasteiger partial charge in [-0.3, -0.25) is 0 Å². The Kier molecular flexibility index (Phi) is 6.79. The molecule has 0 atom stereocenters. The Bertz CT molecular complexity index is 3790. The Morgan fingerprint density at radius 2 is 0.966 bits per heavy atom. The van der Waals surface area contributed by atoms with E-state index in [2.05, 4.69) is 187 Å². The van der Waals surface area contributed by atoms with E-state index in [-0.39, 0.29) is 0 Å². The molecular weight excluding hydrogens is 743 g/mol. The van der Waals surface area contributed by atoms with E-state index in [1.165, 1.54) is 100 Å². The molecule has 10 aromatic carbocycles. The quantitative estimate of drug-likeness (QED) is 0.166. The maximum Gasteiger partial charge on any atom is 0.136 e. The third-order valence-electron chi connectivity index (χ3n) is 12.0. The van der Waals surface area contributed by atoms with E-state index in [9.17, 15) is 0 Å². The van der Waals surface area contributed by atoms with Gasteiger partial charge in [0.1, 0.15) is 11.2 Å². The van der Waals surface area contributed by atoms with Crippen LogP contribution in [0.15, 0.2) is 192 Å². The number of furan rings is 1. The predicted octanol–water partition coefficient (Wildman–Crippen LogP) is 16.9. The van der Waals surface area contributed by atoms with E-state index in [1.807, 2.05) is 28.7 Å². The number of hydrogen-bond donors (Lipinski definition) is 0. The van der Waals surface area contributed by atoms with Gasteiger partial charge in [0.2, 0.25) is 0 Å². The van der Waals surface area contributed by atoms with Crippen LogP contribution in [0.5, 0.6) is 0 Å². The molecular formula is C54H31NOS2. The number of anilines is 3. The second-order valence-corrected chi connectivity index (χ2v) is 17.3. The van der Waals surface area contributed by atoms with Crippen LogP contribution in [0.25, 0.3) is 106 Å². The minimum atomic E-state index is 0.932. The first-order chi connectivity index (χ1) is 28.7. The van der Waals surface area contributed by atoms with Crippen LogP contribution >= 0.6 is 22.7 Å². The number of fused-ring (bicyclic) bond motifs is 16. The molecule has 0 unspecified atom stereocenters. The van der Waals surface area contributed by atoms with Gasteiger partial charge in [0, 0.05) is 57.8 Å². The molecule has 0 amide bonds. The van der Waals surface area contributed by atoms with Gasteiger partial charge in [0.05, 0.1) is 10.4 Å². The van der Waals surface area contributed by atoms with Crippen molar-refractivity contribution in [1.82, 2.24) is 0 Å². The summed E-state index contributed by atoms with van der Waals surface area (Å²) in [5, 5.41) is 15.1. The summed E-state index contributed by atoms with van der Waals surface area (Å²) >= 11 is 3.73. The second-order valence-electron chi connectivity index (χ2n) is 15.2. The van der Waals surface area contributed by atoms with E-state index in [0.29, 0.717) is 0 Å². The van der Waals surface area contributed by atoms with Gasteiger partial charge in [-0.2, -0.15) is 0 Å². The highest BCUT2D eigenvalue weighted by Crippen LogP contribution is 2.48. The lowest BCUT2D eigenvalue weighted by molar-refractivity contribution is 0.669. The van der Waals surface area contributed by atoms with E-state index in [1.54, 1.807) is 0 Å². The van der Waals surface area contributed by atoms with Crippen molar-refractivity contribution in [3.63, 3.8) is 0 Å². The van der Waals surface area contributed by atoms with Crippen molar-refractivity contribution in [2.45, 2.75) is 0 Å². The number of nitrogens with zero attached hydrogens (tertiary/aromatic N) is 1. The van der Waals surface area contributed by atoms with Gasteiger partial charge < -0.3 is 9.32 Å². The lowest BCUT2D eigenvalue weighted by Crippen LogP contribution is -2.10. The van der Waals surface area contributed by atoms with Gasteiger partial charge in [-0.25, -0.2) is 0 Å². The predicted molar refractivity (Wildman–Crippen MR) is 252 cm³/mol. The normalized spacial score (nSPS) is 12.1. The molecule has 13 aromatic rings. The summed E-state index contributed by atoms with van der Waals surface area (Å²) in [6, 6.07) is 69.1. The van der Waals surface area contributed by atoms with Crippen molar-refractivity contribution < 1.29 is 4.42 Å². The van der Waals surface area contributed by atoms with Crippen molar-refractivity contribution in [3.8, 4) is 11.1 Å². The number of hydrogen-bond acceptors (Lipinski definition) is 4. The summed E-state index contributed by atoms with van der Waals surface area (Å²) in [5.74, 6) is 0. The molecule has 3 aromatic heterocycles. The lowest BCUT2D eigenvalue weighted by Gasteiger charge is -2.27. The molecule has 0 aliphatic rings. The van der Waals surface area contributed by atoms with Crippen LogP contribution in [-0.4, -0.2) is 0 Å². The zero-order valence-corrected chi connectivity index (χ0v) is 32.7. The first kappa shape index (κ1) is 32.1. The van der Waals surface area contributed by atoms with Crippen LogP contribution in [-0.2, 0) is 0 Å². The molecule has 0 aliphatic heterocycles. The number of thiophene rings is 2. The van der Waals surface area contributed by atoms with Crippen LogP contribution in [0.4, 0.5) is 17.1 Å². The Morgan fingerprint density at radius 3 is 1.79 bits per heavy atom. The number of para-hydroxylation sites is 1. The summed E-state index contributed by atoms with van der Waals surface area (Å²) < 4.78 is 11.4. The van der Waals surface area contributed by atoms with Crippen LogP contribution in [0.3, 0.4) is 0 Å². The number of rotatable bonds is 4. The minimum Gasteiger partial charge on any atom is -0.456 e. The molecule has 13 rings (SSSR count). The molecule has 3 heterocycles. The van der Waals surface area contributed by atoms with E-state index in [0.717, 1.165) is 22.5 Å². The van der Waals surface area contributed by atoms with E-state index < -0.39 is 0 Å². The molecule has 0 radical (unpaired) electrons. The highest BCUT2D eigenvalue weighted by atomic mass is 32.1. The van der Waals surface area contributed by atoms with Crippen LogP contribution in [0.1, 0.15) is 0 Å². The van der Waals surface area contributed by atoms with Crippen molar-refractivity contribution in [2.24, 2.45) is 0 Å². The van der Waals surface area contributed by atoms with Crippen LogP contribution in [0.2, 0.25) is 0 Å². The summed E-state index contributed by atoms with van der Waals surface area (Å²) in [4.78, 5) is 2.48. The topological polar surface area (TPSA) is 16.4 Å². The highest BCUT2D eigenvalue weighted by Gasteiger charge is 2.21. The lowest BCUT2D eigenvalue weighted by atomic mass is 9.94. The van der Waals surface area contributed by atoms with Crippen LogP contribution in [0, 0.1) is 0 Å². The molecule has 0 bridgehead atoms. The van der Waals surface area contributed by atoms with Crippen molar-refractivity contribution in [3.05, 3.63) is 188 Å². The smallest absolute Gasteiger partial charge is 0.136 e. The zero-order chi connectivity index (χ0) is 37.9. The zero-order valence-electron chi connectivity index (χ0n) is 31.1. The Hall–Kier alpha value is -6.98. The number of benzene rings is 10. The van der Waals surface area contributed by atoms with Gasteiger partial charge in [-0.15, -0.1) is 22.7 Å². The molecule has 270 valence electrons. The maximum atomic E-state index is 6.29. The fourth-order valence-corrected chi connectivity index (χ4v) is 11.8. The second kappa shape index (κ2) is 12.3. The fraction of sp³-hybridized carbons (Fsp3) is 0. The average molecular weight is 774 g/mol. The minimum absolute atomic E-state index is 0.932.